The highest BCUT2D eigenvalue weighted by Crippen LogP contribution is 2.32. The summed E-state index contributed by atoms with van der Waals surface area (Å²) in [5, 5.41) is 3.74. The lowest BCUT2D eigenvalue weighted by Gasteiger charge is -2.10. The predicted molar refractivity (Wildman–Crippen MR) is 76.2 cm³/mol. The molecule has 2 aromatic rings. The molecule has 0 radical (unpaired) electrons. The van der Waals surface area contributed by atoms with E-state index in [9.17, 15) is 0 Å². The minimum atomic E-state index is 0.592. The fraction of sp³-hybridized carbons (Fsp3) is 0.154. The molecule has 0 amide bonds. The van der Waals surface area contributed by atoms with Gasteiger partial charge in [-0.25, -0.2) is 4.98 Å². The van der Waals surface area contributed by atoms with E-state index < -0.39 is 0 Å². The Labute approximate surface area is 119 Å². The van der Waals surface area contributed by atoms with Gasteiger partial charge in [-0.15, -0.1) is 0 Å². The lowest BCUT2D eigenvalue weighted by Crippen LogP contribution is -2.07. The van der Waals surface area contributed by atoms with Crippen LogP contribution in [0.25, 0.3) is 0 Å². The van der Waals surface area contributed by atoms with Crippen molar-refractivity contribution in [2.75, 3.05) is 7.05 Å². The average molecular weight is 328 g/mol. The minimum absolute atomic E-state index is 0.592. The summed E-state index contributed by atoms with van der Waals surface area (Å²) in [4.78, 5) is 4.24. The first-order chi connectivity index (χ1) is 8.70. The summed E-state index contributed by atoms with van der Waals surface area (Å²) in [6, 6.07) is 9.24. The third-order valence-corrected chi connectivity index (χ3v) is 3.17. The van der Waals surface area contributed by atoms with Crippen LogP contribution in [0, 0.1) is 0 Å². The van der Waals surface area contributed by atoms with Gasteiger partial charge in [-0.2, -0.15) is 0 Å². The normalized spacial score (nSPS) is 10.4. The van der Waals surface area contributed by atoms with Crippen molar-refractivity contribution in [1.29, 1.82) is 0 Å². The first-order valence-corrected chi connectivity index (χ1v) is 6.59. The molecular weight excluding hydrogens is 316 g/mol. The highest BCUT2D eigenvalue weighted by molar-refractivity contribution is 9.10. The highest BCUT2D eigenvalue weighted by atomic mass is 79.9. The van der Waals surface area contributed by atoms with Crippen molar-refractivity contribution in [2.45, 2.75) is 6.54 Å². The molecule has 1 aromatic heterocycles. The van der Waals surface area contributed by atoms with Crippen LogP contribution < -0.4 is 10.1 Å². The maximum absolute atomic E-state index is 5.89. The Hall–Kier alpha value is -1.10. The molecule has 0 aliphatic heterocycles. The summed E-state index contributed by atoms with van der Waals surface area (Å²) in [6.45, 7) is 0.703. The molecule has 5 heteroatoms. The van der Waals surface area contributed by atoms with Gasteiger partial charge in [-0.05, 0) is 47.2 Å². The Morgan fingerprint density at radius 3 is 2.94 bits per heavy atom. The van der Waals surface area contributed by atoms with E-state index in [2.05, 4.69) is 26.2 Å². The lowest BCUT2D eigenvalue weighted by atomic mass is 10.2. The second-order valence-electron chi connectivity index (χ2n) is 3.67. The van der Waals surface area contributed by atoms with Crippen LogP contribution in [0.3, 0.4) is 0 Å². The zero-order valence-corrected chi connectivity index (χ0v) is 12.1. The number of nitrogens with zero attached hydrogens (tertiary/aromatic N) is 1. The number of nitrogens with one attached hydrogen (secondary N) is 1. The highest BCUT2D eigenvalue weighted by Gasteiger charge is 2.08. The monoisotopic (exact) mass is 326 g/mol. The molecule has 0 atom stereocenters. The zero-order valence-electron chi connectivity index (χ0n) is 9.78. The first kappa shape index (κ1) is 13.3. The van der Waals surface area contributed by atoms with Crippen molar-refractivity contribution in [1.82, 2.24) is 10.3 Å². The largest absolute Gasteiger partial charge is 0.438 e. The molecule has 1 N–H and O–H groups in total. The molecule has 3 nitrogen and oxygen atoms in total. The van der Waals surface area contributed by atoms with Crippen LogP contribution in [0.5, 0.6) is 11.6 Å². The predicted octanol–water partition coefficient (Wildman–Crippen LogP) is 4.01. The van der Waals surface area contributed by atoms with Gasteiger partial charge in [0.05, 0.1) is 4.47 Å². The fourth-order valence-corrected chi connectivity index (χ4v) is 2.27. The smallest absolute Gasteiger partial charge is 0.223 e. The number of hydrogen-bond acceptors (Lipinski definition) is 3. The van der Waals surface area contributed by atoms with Gasteiger partial charge in [-0.3, -0.25) is 0 Å². The van der Waals surface area contributed by atoms with E-state index in [4.69, 9.17) is 16.3 Å². The van der Waals surface area contributed by atoms with Gasteiger partial charge in [0.2, 0.25) is 5.88 Å². The van der Waals surface area contributed by atoms with Crippen molar-refractivity contribution in [3.8, 4) is 11.6 Å². The fourth-order valence-electron chi connectivity index (χ4n) is 1.50. The Morgan fingerprint density at radius 1 is 1.39 bits per heavy atom. The molecule has 0 spiro atoms. The average Bonchev–Trinajstić information content (AvgIpc) is 2.35. The number of ether oxygens (including phenoxy) is 1. The zero-order chi connectivity index (χ0) is 13.0. The third-order valence-electron chi connectivity index (χ3n) is 2.32. The van der Waals surface area contributed by atoms with E-state index in [0.717, 1.165) is 10.0 Å². The van der Waals surface area contributed by atoms with Gasteiger partial charge in [0.1, 0.15) is 5.75 Å². The van der Waals surface area contributed by atoms with Crippen LogP contribution in [0.1, 0.15) is 5.56 Å². The summed E-state index contributed by atoms with van der Waals surface area (Å²) < 4.78 is 6.59. The van der Waals surface area contributed by atoms with Crippen LogP contribution in [-0.2, 0) is 6.54 Å². The summed E-state index contributed by atoms with van der Waals surface area (Å²) >= 11 is 9.31. The Morgan fingerprint density at radius 2 is 2.22 bits per heavy atom. The quantitative estimate of drug-likeness (QED) is 0.921. The molecule has 0 saturated heterocycles. The van der Waals surface area contributed by atoms with E-state index in [1.54, 1.807) is 18.3 Å². The van der Waals surface area contributed by atoms with Gasteiger partial charge < -0.3 is 10.1 Å². The van der Waals surface area contributed by atoms with Gasteiger partial charge >= 0.3 is 0 Å². The number of hydrogen-bond donors (Lipinski definition) is 1. The van der Waals surface area contributed by atoms with Crippen LogP contribution >= 0.6 is 27.5 Å². The molecule has 2 rings (SSSR count). The molecule has 0 bridgehead atoms. The Kier molecular flexibility index (Phi) is 4.58. The summed E-state index contributed by atoms with van der Waals surface area (Å²) in [5.74, 6) is 1.28. The molecule has 0 fully saturated rings. The maximum Gasteiger partial charge on any atom is 0.223 e. The topological polar surface area (TPSA) is 34.2 Å². The van der Waals surface area contributed by atoms with Gasteiger partial charge in [0.25, 0.3) is 0 Å². The molecule has 0 saturated carbocycles. The lowest BCUT2D eigenvalue weighted by molar-refractivity contribution is 0.451. The minimum Gasteiger partial charge on any atom is -0.438 e. The van der Waals surface area contributed by atoms with Crippen LogP contribution in [0.15, 0.2) is 41.0 Å². The number of rotatable bonds is 4. The molecule has 1 aromatic carbocycles. The van der Waals surface area contributed by atoms with Crippen molar-refractivity contribution in [2.24, 2.45) is 0 Å². The molecule has 0 aliphatic rings. The van der Waals surface area contributed by atoms with E-state index in [1.165, 1.54) is 0 Å². The van der Waals surface area contributed by atoms with E-state index in [1.807, 2.05) is 25.2 Å². The van der Waals surface area contributed by atoms with Gasteiger partial charge in [-0.1, -0.05) is 17.7 Å². The molecule has 0 unspecified atom stereocenters. The Bertz CT molecular complexity index is 548. The van der Waals surface area contributed by atoms with E-state index in [0.29, 0.717) is 23.2 Å². The van der Waals surface area contributed by atoms with Crippen molar-refractivity contribution in [3.63, 3.8) is 0 Å². The standard InChI is InChI=1S/C13H12BrClN2O/c1-16-8-9-3-2-6-17-13(9)18-12-5-4-10(15)7-11(12)14/h2-7,16H,8H2,1H3. The third kappa shape index (κ3) is 3.22. The van der Waals surface area contributed by atoms with Crippen LogP contribution in [0.4, 0.5) is 0 Å². The van der Waals surface area contributed by atoms with Crippen LogP contribution in [0.2, 0.25) is 5.02 Å². The number of halogens is 2. The molecule has 1 heterocycles. The number of pyridine rings is 1. The van der Waals surface area contributed by atoms with Gasteiger partial charge in [0.15, 0.2) is 0 Å². The van der Waals surface area contributed by atoms with Crippen molar-refractivity contribution in [3.05, 3.63) is 51.6 Å². The van der Waals surface area contributed by atoms with Crippen LogP contribution in [-0.4, -0.2) is 12.0 Å². The van der Waals surface area contributed by atoms with E-state index >= 15 is 0 Å². The second-order valence-corrected chi connectivity index (χ2v) is 4.97. The number of benzene rings is 1. The van der Waals surface area contributed by atoms with Crippen molar-refractivity contribution < 1.29 is 4.74 Å². The molecule has 94 valence electrons. The van der Waals surface area contributed by atoms with Gasteiger partial charge in [0, 0.05) is 23.3 Å². The molecule has 18 heavy (non-hydrogen) atoms. The Balaban J connectivity index is 2.28. The SMILES string of the molecule is CNCc1cccnc1Oc1ccc(Cl)cc1Br. The summed E-state index contributed by atoms with van der Waals surface area (Å²) in [5.41, 5.74) is 1.00. The molecular formula is C13H12BrClN2O. The first-order valence-electron chi connectivity index (χ1n) is 5.42. The van der Waals surface area contributed by atoms with Crippen molar-refractivity contribution >= 4 is 27.5 Å². The van der Waals surface area contributed by atoms with E-state index in [-0.39, 0.29) is 0 Å². The number of aromatic nitrogens is 1. The second kappa shape index (κ2) is 6.18. The molecule has 0 aliphatic carbocycles. The summed E-state index contributed by atoms with van der Waals surface area (Å²) in [7, 11) is 1.88. The maximum atomic E-state index is 5.89. The summed E-state index contributed by atoms with van der Waals surface area (Å²) in [6.07, 6.45) is 1.71.